The van der Waals surface area contributed by atoms with Crippen molar-refractivity contribution in [3.8, 4) is 11.5 Å². The monoisotopic (exact) mass is 376 g/mol. The van der Waals surface area contributed by atoms with E-state index in [1.54, 1.807) is 7.11 Å². The van der Waals surface area contributed by atoms with Crippen molar-refractivity contribution in [2.24, 2.45) is 10.9 Å². The van der Waals surface area contributed by atoms with Crippen LogP contribution in [0, 0.1) is 5.92 Å². The van der Waals surface area contributed by atoms with Gasteiger partial charge in [0.25, 0.3) is 0 Å². The second kappa shape index (κ2) is 11.7. The summed E-state index contributed by atoms with van der Waals surface area (Å²) < 4.78 is 11.4. The van der Waals surface area contributed by atoms with Gasteiger partial charge in [0.15, 0.2) is 17.5 Å². The Balaban J connectivity index is 1.91. The Morgan fingerprint density at radius 2 is 1.93 bits per heavy atom. The highest BCUT2D eigenvalue weighted by Gasteiger charge is 2.21. The van der Waals surface area contributed by atoms with Crippen LogP contribution in [0.5, 0.6) is 11.5 Å². The average molecular weight is 377 g/mol. The van der Waals surface area contributed by atoms with Crippen LogP contribution in [-0.2, 0) is 6.54 Å². The van der Waals surface area contributed by atoms with E-state index >= 15 is 0 Å². The maximum absolute atomic E-state index is 5.93. The number of benzene rings is 1. The minimum atomic E-state index is 0.607. The number of hydrogen-bond donors (Lipinski definition) is 2. The van der Waals surface area contributed by atoms with Gasteiger partial charge in [0, 0.05) is 19.6 Å². The van der Waals surface area contributed by atoms with Gasteiger partial charge in [-0.25, -0.2) is 4.99 Å². The zero-order chi connectivity index (χ0) is 19.5. The molecule has 2 rings (SSSR count). The Hall–Kier alpha value is -1.95. The summed E-state index contributed by atoms with van der Waals surface area (Å²) in [5, 5.41) is 6.72. The van der Waals surface area contributed by atoms with Crippen molar-refractivity contribution >= 4 is 5.96 Å². The molecule has 1 aliphatic rings. The molecule has 0 heterocycles. The third-order valence-electron chi connectivity index (χ3n) is 4.81. The molecular weight excluding hydrogens is 340 g/mol. The van der Waals surface area contributed by atoms with Crippen LogP contribution in [0.4, 0.5) is 0 Å². The number of aliphatic imine (C=N–C) groups is 1. The first-order valence-electron chi connectivity index (χ1n) is 10.2. The molecule has 2 N–H and O–H groups in total. The second-order valence-corrected chi connectivity index (χ2v) is 6.88. The van der Waals surface area contributed by atoms with E-state index < -0.39 is 0 Å². The first-order valence-corrected chi connectivity index (χ1v) is 10.2. The van der Waals surface area contributed by atoms with E-state index in [4.69, 9.17) is 9.47 Å². The summed E-state index contributed by atoms with van der Waals surface area (Å²) >= 11 is 0. The molecule has 0 saturated heterocycles. The Kier molecular flexibility index (Phi) is 9.25. The lowest BCUT2D eigenvalue weighted by molar-refractivity contribution is 0.217. The minimum absolute atomic E-state index is 0.607. The molecule has 0 spiro atoms. The van der Waals surface area contributed by atoms with Crippen LogP contribution in [0.2, 0.25) is 0 Å². The van der Waals surface area contributed by atoms with E-state index in [0.29, 0.717) is 13.2 Å². The number of ether oxygens (including phenoxy) is 2. The molecule has 152 valence electrons. The van der Waals surface area contributed by atoms with Gasteiger partial charge in [-0.3, -0.25) is 0 Å². The van der Waals surface area contributed by atoms with Gasteiger partial charge < -0.3 is 25.0 Å². The summed E-state index contributed by atoms with van der Waals surface area (Å²) in [5.74, 6) is 3.25. The largest absolute Gasteiger partial charge is 0.493 e. The van der Waals surface area contributed by atoms with Crippen molar-refractivity contribution in [1.82, 2.24) is 15.5 Å². The predicted octanol–water partition coefficient (Wildman–Crippen LogP) is 2.88. The molecule has 1 fully saturated rings. The highest BCUT2D eigenvalue weighted by molar-refractivity contribution is 5.79. The van der Waals surface area contributed by atoms with Gasteiger partial charge in [0.05, 0.1) is 13.7 Å². The van der Waals surface area contributed by atoms with Crippen LogP contribution in [0.25, 0.3) is 0 Å². The van der Waals surface area contributed by atoms with Gasteiger partial charge in [-0.2, -0.15) is 0 Å². The number of hydrogen-bond acceptors (Lipinski definition) is 4. The summed E-state index contributed by atoms with van der Waals surface area (Å²) in [6, 6.07) is 6.06. The van der Waals surface area contributed by atoms with Crippen LogP contribution < -0.4 is 20.1 Å². The first kappa shape index (κ1) is 21.4. The van der Waals surface area contributed by atoms with Gasteiger partial charge in [-0.1, -0.05) is 19.9 Å². The number of likely N-dealkylation sites (N-methyl/N-ethyl adjacent to an activating group) is 1. The topological polar surface area (TPSA) is 58.1 Å². The fraction of sp³-hybridized carbons (Fsp3) is 0.667. The zero-order valence-corrected chi connectivity index (χ0v) is 17.4. The Labute approximate surface area is 164 Å². The van der Waals surface area contributed by atoms with Crippen LogP contribution in [0.15, 0.2) is 23.2 Å². The second-order valence-electron chi connectivity index (χ2n) is 6.88. The maximum atomic E-state index is 5.93. The number of nitrogens with zero attached hydrogens (tertiary/aromatic N) is 2. The molecule has 0 amide bonds. The van der Waals surface area contributed by atoms with E-state index in [1.165, 1.54) is 12.8 Å². The molecule has 6 heteroatoms. The summed E-state index contributed by atoms with van der Waals surface area (Å²) in [4.78, 5) is 7.03. The standard InChI is InChI=1S/C21H36N4O2/c1-5-22-21(23-15-17-8-9-17)24-16-18-10-11-19(20(14-18)26-4)27-13-12-25(6-2)7-3/h10-11,14,17H,5-9,12-13,15-16H2,1-4H3,(H2,22,23,24). The van der Waals surface area contributed by atoms with Crippen LogP contribution in [0.3, 0.4) is 0 Å². The van der Waals surface area contributed by atoms with Gasteiger partial charge in [-0.05, 0) is 56.5 Å². The van der Waals surface area contributed by atoms with E-state index in [0.717, 1.165) is 61.7 Å². The number of methoxy groups -OCH3 is 1. The summed E-state index contributed by atoms with van der Waals surface area (Å²) in [6.45, 7) is 12.5. The predicted molar refractivity (Wildman–Crippen MR) is 112 cm³/mol. The lowest BCUT2D eigenvalue weighted by atomic mass is 10.2. The Bertz CT molecular complexity index is 584. The van der Waals surface area contributed by atoms with Crippen molar-refractivity contribution < 1.29 is 9.47 Å². The highest BCUT2D eigenvalue weighted by atomic mass is 16.5. The molecular formula is C21H36N4O2. The molecule has 0 aromatic heterocycles. The summed E-state index contributed by atoms with van der Waals surface area (Å²) in [5.41, 5.74) is 1.10. The van der Waals surface area contributed by atoms with E-state index in [1.807, 2.05) is 12.1 Å². The molecule has 0 radical (unpaired) electrons. The van der Waals surface area contributed by atoms with Crippen molar-refractivity contribution in [1.29, 1.82) is 0 Å². The van der Waals surface area contributed by atoms with Gasteiger partial charge in [-0.15, -0.1) is 0 Å². The van der Waals surface area contributed by atoms with E-state index in [-0.39, 0.29) is 0 Å². The third-order valence-corrected chi connectivity index (χ3v) is 4.81. The number of rotatable bonds is 12. The van der Waals surface area contributed by atoms with Gasteiger partial charge >= 0.3 is 0 Å². The maximum Gasteiger partial charge on any atom is 0.191 e. The highest BCUT2D eigenvalue weighted by Crippen LogP contribution is 2.29. The molecule has 0 atom stereocenters. The minimum Gasteiger partial charge on any atom is -0.493 e. The molecule has 1 saturated carbocycles. The van der Waals surface area contributed by atoms with Crippen molar-refractivity contribution in [3.63, 3.8) is 0 Å². The molecule has 0 bridgehead atoms. The zero-order valence-electron chi connectivity index (χ0n) is 17.4. The molecule has 1 aromatic rings. The normalized spacial score (nSPS) is 14.3. The first-order chi connectivity index (χ1) is 13.2. The van der Waals surface area contributed by atoms with Crippen molar-refractivity contribution in [2.75, 3.05) is 46.4 Å². The van der Waals surface area contributed by atoms with E-state index in [2.05, 4.69) is 47.4 Å². The molecule has 0 aliphatic heterocycles. The third kappa shape index (κ3) is 7.67. The molecule has 1 aromatic carbocycles. The quantitative estimate of drug-likeness (QED) is 0.434. The molecule has 6 nitrogen and oxygen atoms in total. The lowest BCUT2D eigenvalue weighted by Crippen LogP contribution is -2.38. The van der Waals surface area contributed by atoms with Gasteiger partial charge in [0.1, 0.15) is 6.61 Å². The molecule has 1 aliphatic carbocycles. The van der Waals surface area contributed by atoms with Crippen molar-refractivity contribution in [3.05, 3.63) is 23.8 Å². The van der Waals surface area contributed by atoms with Crippen LogP contribution in [0.1, 0.15) is 39.2 Å². The Morgan fingerprint density at radius 3 is 2.56 bits per heavy atom. The lowest BCUT2D eigenvalue weighted by Gasteiger charge is -2.19. The van der Waals surface area contributed by atoms with Gasteiger partial charge in [0.2, 0.25) is 0 Å². The average Bonchev–Trinajstić information content (AvgIpc) is 3.52. The van der Waals surface area contributed by atoms with Crippen molar-refractivity contribution in [2.45, 2.75) is 40.2 Å². The fourth-order valence-corrected chi connectivity index (χ4v) is 2.83. The molecule has 0 unspecified atom stereocenters. The van der Waals surface area contributed by atoms with Crippen LogP contribution in [-0.4, -0.2) is 57.3 Å². The number of nitrogens with one attached hydrogen (secondary N) is 2. The summed E-state index contributed by atoms with van der Waals surface area (Å²) in [7, 11) is 1.68. The van der Waals surface area contributed by atoms with E-state index in [9.17, 15) is 0 Å². The number of guanidine groups is 1. The smallest absolute Gasteiger partial charge is 0.191 e. The SMILES string of the molecule is CCNC(=NCc1ccc(OCCN(CC)CC)c(OC)c1)NCC1CC1. The summed E-state index contributed by atoms with van der Waals surface area (Å²) in [6.07, 6.45) is 2.67. The molecule has 27 heavy (non-hydrogen) atoms. The Morgan fingerprint density at radius 1 is 1.15 bits per heavy atom. The fourth-order valence-electron chi connectivity index (χ4n) is 2.83. The van der Waals surface area contributed by atoms with Crippen LogP contribution >= 0.6 is 0 Å².